The van der Waals surface area contributed by atoms with Crippen molar-refractivity contribution >= 4 is 29.1 Å². The molecule has 0 aliphatic carbocycles. The topological polar surface area (TPSA) is 62.3 Å². The molecule has 1 aliphatic rings. The Morgan fingerprint density at radius 3 is 2.68 bits per heavy atom. The van der Waals surface area contributed by atoms with Crippen LogP contribution in [0, 0.1) is 0 Å². The Labute approximate surface area is 153 Å². The molecule has 25 heavy (non-hydrogen) atoms. The van der Waals surface area contributed by atoms with Crippen LogP contribution in [0.25, 0.3) is 0 Å². The molecule has 1 fully saturated rings. The molecule has 1 aliphatic heterocycles. The minimum absolute atomic E-state index is 0.448. The number of ether oxygens (including phenoxy) is 1. The summed E-state index contributed by atoms with van der Waals surface area (Å²) in [5.74, 6) is 2.55. The lowest BCUT2D eigenvalue weighted by molar-refractivity contribution is 0.462. The van der Waals surface area contributed by atoms with Crippen molar-refractivity contribution < 1.29 is 4.74 Å². The summed E-state index contributed by atoms with van der Waals surface area (Å²) < 4.78 is 5.90. The molecule has 7 heteroatoms. The Morgan fingerprint density at radius 1 is 1.20 bits per heavy atom. The second-order valence-electron chi connectivity index (χ2n) is 5.88. The highest BCUT2D eigenvalue weighted by Gasteiger charge is 2.17. The van der Waals surface area contributed by atoms with Crippen molar-refractivity contribution in [3.63, 3.8) is 0 Å². The smallest absolute Gasteiger partial charge is 0.234 e. The summed E-state index contributed by atoms with van der Waals surface area (Å²) in [6, 6.07) is 11.5. The van der Waals surface area contributed by atoms with Crippen molar-refractivity contribution in [2.75, 3.05) is 29.9 Å². The average Bonchev–Trinajstić information content (AvgIpc) is 3.15. The summed E-state index contributed by atoms with van der Waals surface area (Å²) in [5.41, 5.74) is 0. The van der Waals surface area contributed by atoms with E-state index in [-0.39, 0.29) is 0 Å². The van der Waals surface area contributed by atoms with Gasteiger partial charge in [-0.05, 0) is 43.6 Å². The molecular weight excluding hydrogens is 334 g/mol. The SMILES string of the molecule is CCCNC(=S)Nc1nc(Oc2ccccc2)cc(N2CCCC2)n1. The van der Waals surface area contributed by atoms with Crippen LogP contribution in [0.1, 0.15) is 26.2 Å². The zero-order valence-corrected chi connectivity index (χ0v) is 15.2. The van der Waals surface area contributed by atoms with Gasteiger partial charge in [-0.3, -0.25) is 0 Å². The molecule has 3 rings (SSSR count). The van der Waals surface area contributed by atoms with E-state index in [0.717, 1.165) is 37.6 Å². The van der Waals surface area contributed by atoms with Crippen LogP contribution in [0.2, 0.25) is 0 Å². The van der Waals surface area contributed by atoms with Crippen LogP contribution < -0.4 is 20.3 Å². The second kappa shape index (κ2) is 8.62. The molecule has 6 nitrogen and oxygen atoms in total. The maximum Gasteiger partial charge on any atom is 0.234 e. The Morgan fingerprint density at radius 2 is 1.96 bits per heavy atom. The fourth-order valence-electron chi connectivity index (χ4n) is 2.62. The standard InChI is InChI=1S/C18H23N5OS/c1-2-10-19-18(25)22-17-20-15(23-11-6-7-12-23)13-16(21-17)24-14-8-4-3-5-9-14/h3-5,8-9,13H,2,6-7,10-12H2,1H3,(H2,19,20,21,22,25). The van der Waals surface area contributed by atoms with Gasteiger partial charge in [0.25, 0.3) is 0 Å². The van der Waals surface area contributed by atoms with E-state index in [1.165, 1.54) is 12.8 Å². The minimum Gasteiger partial charge on any atom is -0.439 e. The molecule has 132 valence electrons. The summed E-state index contributed by atoms with van der Waals surface area (Å²) >= 11 is 5.30. The van der Waals surface area contributed by atoms with Crippen LogP contribution in [-0.2, 0) is 0 Å². The molecule has 1 saturated heterocycles. The van der Waals surface area contributed by atoms with E-state index in [2.05, 4.69) is 32.4 Å². The van der Waals surface area contributed by atoms with Crippen LogP contribution in [0.3, 0.4) is 0 Å². The Bertz CT molecular complexity index is 704. The molecule has 0 atom stereocenters. The summed E-state index contributed by atoms with van der Waals surface area (Å²) in [4.78, 5) is 11.3. The lowest BCUT2D eigenvalue weighted by Gasteiger charge is -2.18. The summed E-state index contributed by atoms with van der Waals surface area (Å²) in [6.07, 6.45) is 3.36. The molecule has 1 aromatic heterocycles. The van der Waals surface area contributed by atoms with E-state index >= 15 is 0 Å². The van der Waals surface area contributed by atoms with Crippen molar-refractivity contribution in [2.45, 2.75) is 26.2 Å². The first kappa shape index (κ1) is 17.4. The van der Waals surface area contributed by atoms with Crippen molar-refractivity contribution in [1.82, 2.24) is 15.3 Å². The molecule has 2 heterocycles. The van der Waals surface area contributed by atoms with Crippen LogP contribution in [0.5, 0.6) is 11.6 Å². The Kier molecular flexibility index (Phi) is 6.00. The molecule has 0 bridgehead atoms. The normalized spacial score (nSPS) is 13.6. The molecule has 0 saturated carbocycles. The molecule has 0 spiro atoms. The zero-order valence-electron chi connectivity index (χ0n) is 14.4. The Balaban J connectivity index is 1.81. The number of rotatable bonds is 6. The lowest BCUT2D eigenvalue weighted by atomic mass is 10.3. The average molecular weight is 357 g/mol. The molecule has 1 aromatic carbocycles. The fraction of sp³-hybridized carbons (Fsp3) is 0.389. The van der Waals surface area contributed by atoms with E-state index in [4.69, 9.17) is 17.0 Å². The van der Waals surface area contributed by atoms with Crippen LogP contribution in [0.4, 0.5) is 11.8 Å². The predicted molar refractivity (Wildman–Crippen MR) is 105 cm³/mol. The van der Waals surface area contributed by atoms with Gasteiger partial charge in [0, 0.05) is 25.7 Å². The quantitative estimate of drug-likeness (QED) is 0.766. The van der Waals surface area contributed by atoms with Crippen LogP contribution in [-0.4, -0.2) is 34.7 Å². The maximum absolute atomic E-state index is 5.90. The van der Waals surface area contributed by atoms with Crippen LogP contribution in [0.15, 0.2) is 36.4 Å². The van der Waals surface area contributed by atoms with Crippen molar-refractivity contribution in [3.05, 3.63) is 36.4 Å². The first-order valence-corrected chi connectivity index (χ1v) is 9.07. The van der Waals surface area contributed by atoms with E-state index in [0.29, 0.717) is 16.9 Å². The minimum atomic E-state index is 0.448. The summed E-state index contributed by atoms with van der Waals surface area (Å²) in [6.45, 7) is 4.90. The number of nitrogens with zero attached hydrogens (tertiary/aromatic N) is 3. The lowest BCUT2D eigenvalue weighted by Crippen LogP contribution is -2.30. The maximum atomic E-state index is 5.90. The zero-order chi connectivity index (χ0) is 17.5. The molecule has 0 unspecified atom stereocenters. The van der Waals surface area contributed by atoms with Gasteiger partial charge in [-0.2, -0.15) is 9.97 Å². The number of benzene rings is 1. The third-order valence-electron chi connectivity index (χ3n) is 3.85. The van der Waals surface area contributed by atoms with E-state index in [1.54, 1.807) is 0 Å². The van der Waals surface area contributed by atoms with Gasteiger partial charge in [-0.1, -0.05) is 25.1 Å². The van der Waals surface area contributed by atoms with Gasteiger partial charge in [0.1, 0.15) is 11.6 Å². The number of aromatic nitrogens is 2. The highest BCUT2D eigenvalue weighted by Crippen LogP contribution is 2.26. The van der Waals surface area contributed by atoms with Crippen LogP contribution >= 0.6 is 12.2 Å². The number of thiocarbonyl (C=S) groups is 1. The molecule has 2 N–H and O–H groups in total. The van der Waals surface area contributed by atoms with Gasteiger partial charge in [0.2, 0.25) is 11.8 Å². The number of para-hydroxylation sites is 1. The highest BCUT2D eigenvalue weighted by molar-refractivity contribution is 7.80. The van der Waals surface area contributed by atoms with Gasteiger partial charge in [-0.25, -0.2) is 0 Å². The third-order valence-corrected chi connectivity index (χ3v) is 4.09. The monoisotopic (exact) mass is 357 g/mol. The van der Waals surface area contributed by atoms with Gasteiger partial charge < -0.3 is 20.3 Å². The number of hydrogen-bond donors (Lipinski definition) is 2. The van der Waals surface area contributed by atoms with Gasteiger partial charge in [-0.15, -0.1) is 0 Å². The van der Waals surface area contributed by atoms with Gasteiger partial charge in [0.15, 0.2) is 5.11 Å². The summed E-state index contributed by atoms with van der Waals surface area (Å²) in [5, 5.41) is 6.70. The summed E-state index contributed by atoms with van der Waals surface area (Å²) in [7, 11) is 0. The van der Waals surface area contributed by atoms with Crippen molar-refractivity contribution in [1.29, 1.82) is 0 Å². The molecular formula is C18H23N5OS. The van der Waals surface area contributed by atoms with Crippen molar-refractivity contribution in [2.24, 2.45) is 0 Å². The highest BCUT2D eigenvalue weighted by atomic mass is 32.1. The van der Waals surface area contributed by atoms with E-state index in [9.17, 15) is 0 Å². The second-order valence-corrected chi connectivity index (χ2v) is 6.29. The Hall–Kier alpha value is -2.41. The van der Waals surface area contributed by atoms with Crippen molar-refractivity contribution in [3.8, 4) is 11.6 Å². The van der Waals surface area contributed by atoms with E-state index < -0.39 is 0 Å². The first-order valence-electron chi connectivity index (χ1n) is 8.66. The fourth-order valence-corrected chi connectivity index (χ4v) is 2.82. The molecule has 2 aromatic rings. The largest absolute Gasteiger partial charge is 0.439 e. The molecule has 0 radical (unpaired) electrons. The van der Waals surface area contributed by atoms with Gasteiger partial charge in [0.05, 0.1) is 0 Å². The van der Waals surface area contributed by atoms with E-state index in [1.807, 2.05) is 36.4 Å². The third kappa shape index (κ3) is 5.03. The molecule has 0 amide bonds. The predicted octanol–water partition coefficient (Wildman–Crippen LogP) is 3.57. The number of nitrogens with one attached hydrogen (secondary N) is 2. The van der Waals surface area contributed by atoms with Gasteiger partial charge >= 0.3 is 0 Å². The first-order chi connectivity index (χ1) is 12.2. The number of anilines is 2. The number of hydrogen-bond acceptors (Lipinski definition) is 5.